The summed E-state index contributed by atoms with van der Waals surface area (Å²) >= 11 is 4.24. The zero-order valence-corrected chi connectivity index (χ0v) is 40.3. The van der Waals surface area contributed by atoms with E-state index in [0.29, 0.717) is 66.1 Å². The second-order valence-corrected chi connectivity index (χ2v) is 15.5. The lowest BCUT2D eigenvalue weighted by Gasteiger charge is -2.21. The van der Waals surface area contributed by atoms with Crippen LogP contribution in [0, 0.1) is 0 Å². The number of thiol groups is 1. The molecule has 0 bridgehead atoms. The maximum absolute atomic E-state index is 13.0. The van der Waals surface area contributed by atoms with Crippen LogP contribution in [0.2, 0.25) is 0 Å². The van der Waals surface area contributed by atoms with E-state index in [1.165, 1.54) is 51.4 Å². The van der Waals surface area contributed by atoms with Gasteiger partial charge in [0.25, 0.3) is 0 Å². The van der Waals surface area contributed by atoms with E-state index in [9.17, 15) is 38.7 Å². The average molecular weight is 998 g/mol. The SMILES string of the molecule is NC(=O)[C@@H](CO)NC(=O)[C@@H](CC(=O)O)NC(=O)CNC(=O)[C@@H](CCCN=C(N)N)NC(=O)CNC(=O)COCCOCCOCCOCCOCCOCCOCCCCCCCCCCCS. The molecule has 0 aliphatic carbocycles. The summed E-state index contributed by atoms with van der Waals surface area (Å²) in [6.07, 6.45) is 10.7. The number of hydrogen-bond donors (Lipinski definition) is 11. The largest absolute Gasteiger partial charge is 0.481 e. The third-order valence-corrected chi connectivity index (χ3v) is 9.57. The summed E-state index contributed by atoms with van der Waals surface area (Å²) in [6, 6.07) is -4.48. The summed E-state index contributed by atoms with van der Waals surface area (Å²) in [5, 5.41) is 29.6. The molecular weight excluding hydrogens is 919 g/mol. The number of rotatable bonds is 48. The molecule has 0 heterocycles. The second-order valence-electron chi connectivity index (χ2n) is 15.1. The van der Waals surface area contributed by atoms with Crippen molar-refractivity contribution in [2.75, 3.05) is 124 Å². The van der Waals surface area contributed by atoms with E-state index in [1.807, 2.05) is 5.32 Å². The van der Waals surface area contributed by atoms with Gasteiger partial charge < -0.3 is 87.2 Å². The van der Waals surface area contributed by atoms with E-state index in [0.717, 1.165) is 18.8 Å². The molecule has 0 aliphatic heterocycles. The molecule has 0 spiro atoms. The van der Waals surface area contributed by atoms with Crippen LogP contribution in [0.4, 0.5) is 0 Å². The second kappa shape index (κ2) is 45.1. The number of nitrogens with two attached hydrogens (primary N) is 3. The molecular formula is C42H79N9O16S. The Labute approximate surface area is 404 Å². The Morgan fingerprint density at radius 2 is 0.941 bits per heavy atom. The van der Waals surface area contributed by atoms with Crippen LogP contribution in [-0.2, 0) is 66.7 Å². The minimum atomic E-state index is -1.70. The molecule has 0 saturated carbocycles. The predicted molar refractivity (Wildman–Crippen MR) is 251 cm³/mol. The van der Waals surface area contributed by atoms with Crippen molar-refractivity contribution in [1.29, 1.82) is 0 Å². The molecule has 0 rings (SSSR count). The summed E-state index contributed by atoms with van der Waals surface area (Å²) < 4.78 is 38.3. The Kier molecular flexibility index (Phi) is 42.1. The molecule has 25 nitrogen and oxygen atoms in total. The van der Waals surface area contributed by atoms with E-state index in [2.05, 4.69) is 38.9 Å². The Morgan fingerprint density at radius 3 is 1.40 bits per heavy atom. The van der Waals surface area contributed by atoms with Gasteiger partial charge in [0, 0.05) is 13.2 Å². The lowest BCUT2D eigenvalue weighted by molar-refractivity contribution is -0.141. The zero-order chi connectivity index (χ0) is 50.5. The first kappa shape index (κ1) is 63.6. The number of carbonyl (C=O) groups excluding carboxylic acids is 6. The van der Waals surface area contributed by atoms with Crippen LogP contribution in [-0.4, -0.2) is 200 Å². The van der Waals surface area contributed by atoms with Gasteiger partial charge in [0.2, 0.25) is 35.4 Å². The van der Waals surface area contributed by atoms with Crippen LogP contribution < -0.4 is 43.8 Å². The quantitative estimate of drug-likeness (QED) is 0.0127. The number of guanidine groups is 1. The lowest BCUT2D eigenvalue weighted by Crippen LogP contribution is -2.56. The average Bonchev–Trinajstić information content (AvgIpc) is 3.30. The fourth-order valence-corrected chi connectivity index (χ4v) is 5.91. The molecule has 6 amide bonds. The van der Waals surface area contributed by atoms with Gasteiger partial charge in [0.1, 0.15) is 24.7 Å². The van der Waals surface area contributed by atoms with Gasteiger partial charge in [-0.3, -0.25) is 38.6 Å². The summed E-state index contributed by atoms with van der Waals surface area (Å²) in [6.45, 7) is 2.96. The number of aliphatic imine (C=N–C) groups is 1. The Bertz CT molecular complexity index is 1420. The highest BCUT2D eigenvalue weighted by molar-refractivity contribution is 7.80. The molecule has 0 saturated heterocycles. The van der Waals surface area contributed by atoms with Gasteiger partial charge in [-0.1, -0.05) is 44.9 Å². The standard InChI is InChI=1S/C42H79N9O16S/c43-39(58)34(30-52)51-41(60)33(27-38(56)57)50-36(54)29-48-40(59)32(11-10-12-46-42(44)45)49-35(53)28-47-37(55)31-67-25-24-66-23-22-65-21-20-64-19-18-63-17-16-62-15-14-61-13-8-6-4-2-1-3-5-7-9-26-68/h32-34,52,68H,1-31H2,(H2,43,58)(H,47,55)(H,48,59)(H,49,53)(H,50,54)(H,51,60)(H,56,57)(H4,44,45,46)/t32-,33-,34-/m1/s1. The van der Waals surface area contributed by atoms with Gasteiger partial charge in [-0.25, -0.2) is 0 Å². The van der Waals surface area contributed by atoms with Crippen molar-refractivity contribution < 1.29 is 76.9 Å². The number of unbranched alkanes of at least 4 members (excludes halogenated alkanes) is 8. The number of carbonyl (C=O) groups is 7. The monoisotopic (exact) mass is 998 g/mol. The maximum Gasteiger partial charge on any atom is 0.305 e. The zero-order valence-electron chi connectivity index (χ0n) is 39.4. The van der Waals surface area contributed by atoms with E-state index < -0.39 is 85.7 Å². The first-order chi connectivity index (χ1) is 32.8. The molecule has 0 unspecified atom stereocenters. The van der Waals surface area contributed by atoms with Crippen LogP contribution >= 0.6 is 12.6 Å². The molecule has 0 aliphatic rings. The summed E-state index contributed by atoms with van der Waals surface area (Å²) in [7, 11) is 0. The molecule has 26 heteroatoms. The van der Waals surface area contributed by atoms with Crippen molar-refractivity contribution in [3.8, 4) is 0 Å². The van der Waals surface area contributed by atoms with Crippen LogP contribution in [0.15, 0.2) is 4.99 Å². The highest BCUT2D eigenvalue weighted by Crippen LogP contribution is 2.10. The van der Waals surface area contributed by atoms with Gasteiger partial charge >= 0.3 is 5.97 Å². The number of carboxylic acid groups (broad SMARTS) is 1. The fourth-order valence-electron chi connectivity index (χ4n) is 5.68. The van der Waals surface area contributed by atoms with Crippen LogP contribution in [0.1, 0.15) is 77.0 Å². The molecule has 0 radical (unpaired) electrons. The normalized spacial score (nSPS) is 12.3. The smallest absolute Gasteiger partial charge is 0.305 e. The maximum atomic E-state index is 13.0. The number of nitrogens with zero attached hydrogens (tertiary/aromatic N) is 1. The number of aliphatic carboxylic acids is 1. The van der Waals surface area contributed by atoms with Crippen LogP contribution in [0.5, 0.6) is 0 Å². The van der Waals surface area contributed by atoms with Gasteiger partial charge in [-0.05, 0) is 31.4 Å². The van der Waals surface area contributed by atoms with Crippen molar-refractivity contribution in [1.82, 2.24) is 26.6 Å². The number of ether oxygens (including phenoxy) is 7. The number of amides is 6. The van der Waals surface area contributed by atoms with Gasteiger partial charge in [0.05, 0.1) is 105 Å². The number of aliphatic hydroxyl groups is 1. The highest BCUT2D eigenvalue weighted by Gasteiger charge is 2.28. The van der Waals surface area contributed by atoms with Gasteiger partial charge in [-0.15, -0.1) is 0 Å². The first-order valence-electron chi connectivity index (χ1n) is 23.1. The highest BCUT2D eigenvalue weighted by atomic mass is 32.1. The Hall–Kier alpha value is -4.41. The van der Waals surface area contributed by atoms with Gasteiger partial charge in [-0.2, -0.15) is 12.6 Å². The van der Waals surface area contributed by atoms with Crippen molar-refractivity contribution in [3.63, 3.8) is 0 Å². The van der Waals surface area contributed by atoms with Gasteiger partial charge in [0.15, 0.2) is 5.96 Å². The lowest BCUT2D eigenvalue weighted by atomic mass is 10.1. The van der Waals surface area contributed by atoms with E-state index in [-0.39, 0.29) is 45.2 Å². The van der Waals surface area contributed by atoms with Crippen LogP contribution in [0.3, 0.4) is 0 Å². The number of nitrogens with one attached hydrogen (secondary N) is 5. The molecule has 0 aromatic carbocycles. The molecule has 394 valence electrons. The number of primary amides is 1. The van der Waals surface area contributed by atoms with Crippen molar-refractivity contribution in [2.45, 2.75) is 95.2 Å². The minimum absolute atomic E-state index is 0.00637. The third kappa shape index (κ3) is 40.6. The summed E-state index contributed by atoms with van der Waals surface area (Å²) in [5.74, 6) is -6.15. The molecule has 68 heavy (non-hydrogen) atoms. The topological polar surface area (TPSA) is 375 Å². The molecule has 13 N–H and O–H groups in total. The van der Waals surface area contributed by atoms with E-state index in [4.69, 9.17) is 55.5 Å². The van der Waals surface area contributed by atoms with E-state index in [1.54, 1.807) is 0 Å². The fraction of sp³-hybridized carbons (Fsp3) is 0.810. The van der Waals surface area contributed by atoms with Crippen molar-refractivity contribution in [3.05, 3.63) is 0 Å². The number of aliphatic hydroxyl groups excluding tert-OH is 1. The Morgan fingerprint density at radius 1 is 0.500 bits per heavy atom. The predicted octanol–water partition coefficient (Wildman–Crippen LogP) is -2.76. The summed E-state index contributed by atoms with van der Waals surface area (Å²) in [5.41, 5.74) is 15.7. The minimum Gasteiger partial charge on any atom is -0.481 e. The molecule has 3 atom stereocenters. The van der Waals surface area contributed by atoms with Crippen LogP contribution in [0.25, 0.3) is 0 Å². The van der Waals surface area contributed by atoms with E-state index >= 15 is 0 Å². The molecule has 0 aromatic heterocycles. The number of hydrogen-bond acceptors (Lipinski definition) is 17. The van der Waals surface area contributed by atoms with Crippen molar-refractivity contribution in [2.24, 2.45) is 22.2 Å². The third-order valence-electron chi connectivity index (χ3n) is 9.25. The molecule has 0 fully saturated rings. The Balaban J connectivity index is 4.10. The summed E-state index contributed by atoms with van der Waals surface area (Å²) in [4.78, 5) is 89.3. The molecule has 0 aromatic rings. The number of carboxylic acids is 1. The first-order valence-corrected chi connectivity index (χ1v) is 23.7. The van der Waals surface area contributed by atoms with Crippen molar-refractivity contribution >= 4 is 60.0 Å².